The van der Waals surface area contributed by atoms with Gasteiger partial charge in [0, 0.05) is 17.7 Å². The van der Waals surface area contributed by atoms with Crippen LogP contribution in [-0.4, -0.2) is 27.3 Å². The highest BCUT2D eigenvalue weighted by molar-refractivity contribution is 5.93. The first-order valence-electron chi connectivity index (χ1n) is 7.59. The van der Waals surface area contributed by atoms with Crippen molar-refractivity contribution in [1.29, 1.82) is 0 Å². The first-order valence-corrected chi connectivity index (χ1v) is 7.59. The summed E-state index contributed by atoms with van der Waals surface area (Å²) < 4.78 is 5.52. The van der Waals surface area contributed by atoms with Crippen LogP contribution in [0.2, 0.25) is 0 Å². The van der Waals surface area contributed by atoms with E-state index in [2.05, 4.69) is 15.5 Å². The Morgan fingerprint density at radius 3 is 2.95 bits per heavy atom. The lowest BCUT2D eigenvalue weighted by molar-refractivity contribution is -0.122. The van der Waals surface area contributed by atoms with Gasteiger partial charge in [-0.15, -0.1) is 10.2 Å². The highest BCUT2D eigenvalue weighted by Crippen LogP contribution is 2.27. The molecule has 1 aliphatic carbocycles. The maximum atomic E-state index is 12.2. The van der Waals surface area contributed by atoms with Crippen LogP contribution < -0.4 is 5.32 Å². The number of anilines is 1. The molecule has 1 aromatic heterocycles. The smallest absolute Gasteiger partial charge is 0.247 e. The molecule has 0 bridgehead atoms. The lowest BCUT2D eigenvalue weighted by atomic mass is 10.1. The summed E-state index contributed by atoms with van der Waals surface area (Å²) in [5.74, 6) is 0.563. The number of carbonyl (C=O) groups excluding carboxylic acids is 1. The summed E-state index contributed by atoms with van der Waals surface area (Å²) in [5.41, 5.74) is 1.43. The molecule has 6 nitrogen and oxygen atoms in total. The highest BCUT2D eigenvalue weighted by Gasteiger charge is 2.31. The van der Waals surface area contributed by atoms with Gasteiger partial charge in [-0.2, -0.15) is 0 Å². The summed E-state index contributed by atoms with van der Waals surface area (Å²) in [6, 6.07) is 7.28. The number of rotatable bonds is 4. The molecule has 0 aliphatic heterocycles. The zero-order valence-corrected chi connectivity index (χ0v) is 12.5. The Bertz CT molecular complexity index is 668. The van der Waals surface area contributed by atoms with E-state index in [0.29, 0.717) is 30.3 Å². The van der Waals surface area contributed by atoms with Crippen molar-refractivity contribution < 1.29 is 14.3 Å². The van der Waals surface area contributed by atoms with E-state index < -0.39 is 6.10 Å². The molecule has 6 heteroatoms. The van der Waals surface area contributed by atoms with Crippen LogP contribution in [0.3, 0.4) is 0 Å². The van der Waals surface area contributed by atoms with Crippen LogP contribution in [0.4, 0.5) is 5.69 Å². The number of hydrogen-bond donors (Lipinski definition) is 2. The molecule has 0 saturated heterocycles. The summed E-state index contributed by atoms with van der Waals surface area (Å²) in [6.07, 6.45) is 2.46. The van der Waals surface area contributed by atoms with Gasteiger partial charge in [-0.3, -0.25) is 4.79 Å². The topological polar surface area (TPSA) is 88.2 Å². The van der Waals surface area contributed by atoms with Crippen molar-refractivity contribution in [1.82, 2.24) is 10.2 Å². The van der Waals surface area contributed by atoms with Crippen molar-refractivity contribution in [2.24, 2.45) is 5.92 Å². The van der Waals surface area contributed by atoms with Crippen molar-refractivity contribution in [3.05, 3.63) is 30.2 Å². The van der Waals surface area contributed by atoms with Crippen molar-refractivity contribution in [2.45, 2.75) is 38.7 Å². The van der Waals surface area contributed by atoms with Crippen LogP contribution in [0, 0.1) is 5.92 Å². The monoisotopic (exact) mass is 301 g/mol. The van der Waals surface area contributed by atoms with E-state index in [1.54, 1.807) is 12.1 Å². The molecule has 22 heavy (non-hydrogen) atoms. The number of aliphatic hydroxyl groups is 1. The Balaban J connectivity index is 1.75. The maximum absolute atomic E-state index is 12.2. The van der Waals surface area contributed by atoms with Crippen LogP contribution >= 0.6 is 0 Å². The lowest BCUT2D eigenvalue weighted by Gasteiger charge is -2.14. The molecular weight excluding hydrogens is 282 g/mol. The largest absolute Gasteiger partial charge is 0.421 e. The second-order valence-corrected chi connectivity index (χ2v) is 5.53. The number of hydrogen-bond acceptors (Lipinski definition) is 5. The molecule has 1 heterocycles. The molecule has 1 saturated carbocycles. The standard InChI is InChI=1S/C16H19N3O3/c1-2-14-18-19-16(22-14)10-5-3-6-11(9-10)17-15(21)12-7-4-8-13(12)20/h3,5-6,9,12-13,20H,2,4,7-8H2,1H3,(H,17,21). The third kappa shape index (κ3) is 3.01. The Hall–Kier alpha value is -2.21. The van der Waals surface area contributed by atoms with E-state index in [4.69, 9.17) is 4.42 Å². The van der Waals surface area contributed by atoms with E-state index in [1.807, 2.05) is 19.1 Å². The van der Waals surface area contributed by atoms with Gasteiger partial charge in [-0.25, -0.2) is 0 Å². The molecule has 2 unspecified atom stereocenters. The van der Waals surface area contributed by atoms with Crippen molar-refractivity contribution in [3.63, 3.8) is 0 Å². The van der Waals surface area contributed by atoms with Crippen LogP contribution in [0.5, 0.6) is 0 Å². The number of amides is 1. The molecule has 1 fully saturated rings. The van der Waals surface area contributed by atoms with E-state index in [-0.39, 0.29) is 11.8 Å². The number of aryl methyl sites for hydroxylation is 1. The molecule has 2 atom stereocenters. The molecule has 2 aromatic rings. The molecule has 1 aromatic carbocycles. The minimum absolute atomic E-state index is 0.137. The quantitative estimate of drug-likeness (QED) is 0.905. The first kappa shape index (κ1) is 14.7. The molecule has 1 amide bonds. The fourth-order valence-electron chi connectivity index (χ4n) is 2.72. The molecule has 3 rings (SSSR count). The van der Waals surface area contributed by atoms with Gasteiger partial charge >= 0.3 is 0 Å². The molecule has 116 valence electrons. The van der Waals surface area contributed by atoms with Crippen LogP contribution in [0.15, 0.2) is 28.7 Å². The van der Waals surface area contributed by atoms with Crippen molar-refractivity contribution >= 4 is 11.6 Å². The second kappa shape index (κ2) is 6.27. The summed E-state index contributed by atoms with van der Waals surface area (Å²) in [6.45, 7) is 1.95. The minimum Gasteiger partial charge on any atom is -0.421 e. The average molecular weight is 301 g/mol. The zero-order chi connectivity index (χ0) is 15.5. The van der Waals surface area contributed by atoms with E-state index in [0.717, 1.165) is 18.4 Å². The number of carbonyl (C=O) groups is 1. The summed E-state index contributed by atoms with van der Waals surface area (Å²) >= 11 is 0. The Morgan fingerprint density at radius 2 is 2.27 bits per heavy atom. The third-order valence-corrected chi connectivity index (χ3v) is 3.96. The lowest BCUT2D eigenvalue weighted by Crippen LogP contribution is -2.28. The Labute approximate surface area is 128 Å². The number of aliphatic hydroxyl groups excluding tert-OH is 1. The van der Waals surface area contributed by atoms with Gasteiger partial charge in [0.05, 0.1) is 12.0 Å². The van der Waals surface area contributed by atoms with Crippen molar-refractivity contribution in [2.75, 3.05) is 5.32 Å². The number of benzene rings is 1. The summed E-state index contributed by atoms with van der Waals surface area (Å²) in [7, 11) is 0. The summed E-state index contributed by atoms with van der Waals surface area (Å²) in [4.78, 5) is 12.2. The van der Waals surface area contributed by atoms with Crippen LogP contribution in [-0.2, 0) is 11.2 Å². The van der Waals surface area contributed by atoms with Crippen molar-refractivity contribution in [3.8, 4) is 11.5 Å². The molecule has 1 aliphatic rings. The third-order valence-electron chi connectivity index (χ3n) is 3.96. The predicted octanol–water partition coefficient (Wildman–Crippen LogP) is 2.40. The summed E-state index contributed by atoms with van der Waals surface area (Å²) in [5, 5.41) is 20.6. The number of nitrogens with one attached hydrogen (secondary N) is 1. The zero-order valence-electron chi connectivity index (χ0n) is 12.5. The van der Waals surface area contributed by atoms with Gasteiger partial charge < -0.3 is 14.8 Å². The second-order valence-electron chi connectivity index (χ2n) is 5.53. The average Bonchev–Trinajstić information content (AvgIpc) is 3.16. The first-order chi connectivity index (χ1) is 10.7. The predicted molar refractivity (Wildman–Crippen MR) is 81.1 cm³/mol. The van der Waals surface area contributed by atoms with Gasteiger partial charge in [0.25, 0.3) is 0 Å². The molecular formula is C16H19N3O3. The van der Waals surface area contributed by atoms with Gasteiger partial charge in [0.15, 0.2) is 0 Å². The van der Waals surface area contributed by atoms with Gasteiger partial charge in [0.1, 0.15) is 0 Å². The van der Waals surface area contributed by atoms with E-state index >= 15 is 0 Å². The van der Waals surface area contributed by atoms with Gasteiger partial charge in [0.2, 0.25) is 17.7 Å². The number of nitrogens with zero attached hydrogens (tertiary/aromatic N) is 2. The van der Waals surface area contributed by atoms with E-state index in [9.17, 15) is 9.90 Å². The number of aromatic nitrogens is 2. The van der Waals surface area contributed by atoms with Gasteiger partial charge in [-0.05, 0) is 37.5 Å². The van der Waals surface area contributed by atoms with Crippen LogP contribution in [0.25, 0.3) is 11.5 Å². The Morgan fingerprint density at radius 1 is 1.41 bits per heavy atom. The Kier molecular flexibility index (Phi) is 4.20. The minimum atomic E-state index is -0.536. The normalized spacial score (nSPS) is 21.0. The highest BCUT2D eigenvalue weighted by atomic mass is 16.4. The molecule has 2 N–H and O–H groups in total. The van der Waals surface area contributed by atoms with Gasteiger partial charge in [-0.1, -0.05) is 13.0 Å². The van der Waals surface area contributed by atoms with Crippen LogP contribution in [0.1, 0.15) is 32.1 Å². The fourth-order valence-corrected chi connectivity index (χ4v) is 2.72. The van der Waals surface area contributed by atoms with E-state index in [1.165, 1.54) is 0 Å². The molecule has 0 radical (unpaired) electrons. The maximum Gasteiger partial charge on any atom is 0.247 e. The SMILES string of the molecule is CCc1nnc(-c2cccc(NC(=O)C3CCCC3O)c2)o1. The fraction of sp³-hybridized carbons (Fsp3) is 0.438. The molecule has 0 spiro atoms.